The normalized spacial score (nSPS) is 12.2. The second-order valence-electron chi connectivity index (χ2n) is 5.44. The van der Waals surface area contributed by atoms with Crippen LogP contribution in [0.4, 0.5) is 4.39 Å². The van der Waals surface area contributed by atoms with Gasteiger partial charge in [0.05, 0.1) is 6.42 Å². The SMILES string of the molecule is CNC(CC(=O)O)c1cc(-c2c(C)cccc2C)ccc1F. The molecular formula is C18H20FNO2. The van der Waals surface area contributed by atoms with E-state index in [2.05, 4.69) is 5.32 Å². The smallest absolute Gasteiger partial charge is 0.305 e. The largest absolute Gasteiger partial charge is 0.481 e. The van der Waals surface area contributed by atoms with Gasteiger partial charge in [-0.3, -0.25) is 4.79 Å². The monoisotopic (exact) mass is 301 g/mol. The maximum Gasteiger partial charge on any atom is 0.305 e. The second-order valence-corrected chi connectivity index (χ2v) is 5.44. The minimum Gasteiger partial charge on any atom is -0.481 e. The molecule has 0 saturated heterocycles. The van der Waals surface area contributed by atoms with Crippen molar-refractivity contribution in [2.24, 2.45) is 0 Å². The zero-order chi connectivity index (χ0) is 16.3. The Morgan fingerprint density at radius 3 is 2.41 bits per heavy atom. The van der Waals surface area contributed by atoms with Crippen molar-refractivity contribution in [1.29, 1.82) is 0 Å². The highest BCUT2D eigenvalue weighted by atomic mass is 19.1. The molecule has 2 rings (SSSR count). The fraction of sp³-hybridized carbons (Fsp3) is 0.278. The van der Waals surface area contributed by atoms with E-state index in [1.54, 1.807) is 19.2 Å². The van der Waals surface area contributed by atoms with Gasteiger partial charge in [0, 0.05) is 11.6 Å². The molecule has 2 aromatic carbocycles. The highest BCUT2D eigenvalue weighted by molar-refractivity contribution is 5.72. The van der Waals surface area contributed by atoms with Crippen molar-refractivity contribution >= 4 is 5.97 Å². The Morgan fingerprint density at radius 2 is 1.86 bits per heavy atom. The van der Waals surface area contributed by atoms with Crippen molar-refractivity contribution in [3.63, 3.8) is 0 Å². The Hall–Kier alpha value is -2.20. The van der Waals surface area contributed by atoms with Crippen LogP contribution < -0.4 is 5.32 Å². The first-order chi connectivity index (χ1) is 10.4. The number of hydrogen-bond donors (Lipinski definition) is 2. The van der Waals surface area contributed by atoms with Crippen LogP contribution in [0.2, 0.25) is 0 Å². The summed E-state index contributed by atoms with van der Waals surface area (Å²) in [7, 11) is 1.64. The number of benzene rings is 2. The molecular weight excluding hydrogens is 281 g/mol. The van der Waals surface area contributed by atoms with E-state index in [0.717, 1.165) is 22.3 Å². The van der Waals surface area contributed by atoms with Gasteiger partial charge in [-0.05, 0) is 55.3 Å². The molecule has 0 bridgehead atoms. The Morgan fingerprint density at radius 1 is 1.23 bits per heavy atom. The fourth-order valence-corrected chi connectivity index (χ4v) is 2.78. The minimum atomic E-state index is -0.962. The van der Waals surface area contributed by atoms with Crippen LogP contribution >= 0.6 is 0 Å². The van der Waals surface area contributed by atoms with Crippen molar-refractivity contribution < 1.29 is 14.3 Å². The van der Waals surface area contributed by atoms with E-state index in [4.69, 9.17) is 5.11 Å². The molecule has 0 aliphatic rings. The Labute approximate surface area is 129 Å². The molecule has 0 aromatic heterocycles. The van der Waals surface area contributed by atoms with Crippen molar-refractivity contribution in [1.82, 2.24) is 5.32 Å². The third kappa shape index (κ3) is 3.34. The van der Waals surface area contributed by atoms with Gasteiger partial charge >= 0.3 is 5.97 Å². The molecule has 2 aromatic rings. The Balaban J connectivity index is 2.53. The summed E-state index contributed by atoms with van der Waals surface area (Å²) in [5.74, 6) is -1.35. The summed E-state index contributed by atoms with van der Waals surface area (Å²) in [6.07, 6.45) is -0.163. The molecule has 116 valence electrons. The molecule has 0 heterocycles. The molecule has 0 aliphatic heterocycles. The van der Waals surface area contributed by atoms with Gasteiger partial charge in [0.15, 0.2) is 0 Å². The molecule has 0 fully saturated rings. The average Bonchev–Trinajstić information content (AvgIpc) is 2.46. The predicted octanol–water partition coefficient (Wildman–Crippen LogP) is 3.84. The van der Waals surface area contributed by atoms with E-state index >= 15 is 0 Å². The summed E-state index contributed by atoms with van der Waals surface area (Å²) < 4.78 is 14.1. The highest BCUT2D eigenvalue weighted by Gasteiger charge is 2.18. The van der Waals surface area contributed by atoms with Crippen LogP contribution in [0.1, 0.15) is 29.2 Å². The summed E-state index contributed by atoms with van der Waals surface area (Å²) in [6.45, 7) is 4.02. The number of carboxylic acids is 1. The number of halogens is 1. The van der Waals surface area contributed by atoms with Crippen molar-refractivity contribution in [2.75, 3.05) is 7.05 Å². The van der Waals surface area contributed by atoms with Gasteiger partial charge in [-0.1, -0.05) is 24.3 Å². The molecule has 0 saturated carbocycles. The van der Waals surface area contributed by atoms with Crippen LogP contribution in [0, 0.1) is 19.7 Å². The number of aryl methyl sites for hydroxylation is 2. The van der Waals surface area contributed by atoms with Gasteiger partial charge in [0.1, 0.15) is 5.82 Å². The lowest BCUT2D eigenvalue weighted by Gasteiger charge is -2.18. The first-order valence-corrected chi connectivity index (χ1v) is 7.19. The van der Waals surface area contributed by atoms with Gasteiger partial charge < -0.3 is 10.4 Å². The Kier molecular flexibility index (Phi) is 4.93. The zero-order valence-electron chi connectivity index (χ0n) is 13.0. The molecule has 0 spiro atoms. The van der Waals surface area contributed by atoms with Gasteiger partial charge in [0.25, 0.3) is 0 Å². The predicted molar refractivity (Wildman–Crippen MR) is 85.4 cm³/mol. The van der Waals surface area contributed by atoms with E-state index in [-0.39, 0.29) is 6.42 Å². The number of carbonyl (C=O) groups is 1. The third-order valence-corrected chi connectivity index (χ3v) is 3.87. The number of aliphatic carboxylic acids is 1. The highest BCUT2D eigenvalue weighted by Crippen LogP contribution is 2.31. The molecule has 2 N–H and O–H groups in total. The summed E-state index contributed by atoms with van der Waals surface area (Å²) in [5.41, 5.74) is 4.56. The van der Waals surface area contributed by atoms with Gasteiger partial charge in [-0.2, -0.15) is 0 Å². The first kappa shape index (κ1) is 16.2. The molecule has 0 amide bonds. The fourth-order valence-electron chi connectivity index (χ4n) is 2.78. The topological polar surface area (TPSA) is 49.3 Å². The van der Waals surface area contributed by atoms with Gasteiger partial charge in [0.2, 0.25) is 0 Å². The summed E-state index contributed by atoms with van der Waals surface area (Å²) >= 11 is 0. The van der Waals surface area contributed by atoms with Crippen LogP contribution in [0.5, 0.6) is 0 Å². The van der Waals surface area contributed by atoms with E-state index < -0.39 is 17.8 Å². The Bertz CT molecular complexity index is 677. The molecule has 0 radical (unpaired) electrons. The third-order valence-electron chi connectivity index (χ3n) is 3.87. The summed E-state index contributed by atoms with van der Waals surface area (Å²) in [6, 6.07) is 10.3. The number of nitrogens with one attached hydrogen (secondary N) is 1. The lowest BCUT2D eigenvalue weighted by molar-refractivity contribution is -0.137. The van der Waals surface area contributed by atoms with E-state index in [1.165, 1.54) is 6.07 Å². The molecule has 0 aliphatic carbocycles. The molecule has 1 atom stereocenters. The van der Waals surface area contributed by atoms with Crippen LogP contribution in [-0.2, 0) is 4.79 Å². The second kappa shape index (κ2) is 6.71. The van der Waals surface area contributed by atoms with Crippen molar-refractivity contribution in [3.05, 3.63) is 58.9 Å². The minimum absolute atomic E-state index is 0.163. The summed E-state index contributed by atoms with van der Waals surface area (Å²) in [5, 5.41) is 11.9. The lowest BCUT2D eigenvalue weighted by Crippen LogP contribution is -2.21. The number of carboxylic acid groups (broad SMARTS) is 1. The van der Waals surface area contributed by atoms with Crippen LogP contribution in [0.15, 0.2) is 36.4 Å². The lowest BCUT2D eigenvalue weighted by atomic mass is 9.92. The quantitative estimate of drug-likeness (QED) is 0.882. The first-order valence-electron chi connectivity index (χ1n) is 7.19. The molecule has 3 nitrogen and oxygen atoms in total. The average molecular weight is 301 g/mol. The molecule has 4 heteroatoms. The van der Waals surface area contributed by atoms with Crippen LogP contribution in [0.3, 0.4) is 0 Å². The van der Waals surface area contributed by atoms with Gasteiger partial charge in [-0.15, -0.1) is 0 Å². The van der Waals surface area contributed by atoms with Crippen molar-refractivity contribution in [2.45, 2.75) is 26.3 Å². The maximum atomic E-state index is 14.1. The van der Waals surface area contributed by atoms with E-state index in [0.29, 0.717) is 5.56 Å². The van der Waals surface area contributed by atoms with Crippen LogP contribution in [0.25, 0.3) is 11.1 Å². The number of hydrogen-bond acceptors (Lipinski definition) is 2. The standard InChI is InChI=1S/C18H20FNO2/c1-11-5-4-6-12(2)18(11)13-7-8-15(19)14(9-13)16(20-3)10-17(21)22/h4-9,16,20H,10H2,1-3H3,(H,21,22). The zero-order valence-corrected chi connectivity index (χ0v) is 13.0. The number of rotatable bonds is 5. The maximum absolute atomic E-state index is 14.1. The van der Waals surface area contributed by atoms with Crippen molar-refractivity contribution in [3.8, 4) is 11.1 Å². The van der Waals surface area contributed by atoms with Crippen LogP contribution in [-0.4, -0.2) is 18.1 Å². The molecule has 1 unspecified atom stereocenters. The van der Waals surface area contributed by atoms with Gasteiger partial charge in [-0.25, -0.2) is 4.39 Å². The summed E-state index contributed by atoms with van der Waals surface area (Å²) in [4.78, 5) is 11.0. The van der Waals surface area contributed by atoms with E-state index in [9.17, 15) is 9.18 Å². The van der Waals surface area contributed by atoms with E-state index in [1.807, 2.05) is 32.0 Å². The molecule has 22 heavy (non-hydrogen) atoms.